The van der Waals surface area contributed by atoms with Gasteiger partial charge in [0, 0.05) is 18.2 Å². The highest BCUT2D eigenvalue weighted by Gasteiger charge is 2.25. The molecule has 1 aromatic heterocycles. The van der Waals surface area contributed by atoms with E-state index < -0.39 is 5.60 Å². The number of hydrogen-bond acceptors (Lipinski definition) is 4. The van der Waals surface area contributed by atoms with E-state index in [-0.39, 0.29) is 18.5 Å². The van der Waals surface area contributed by atoms with Crippen LogP contribution in [0.4, 0.5) is 0 Å². The molecule has 0 amide bonds. The zero-order valence-corrected chi connectivity index (χ0v) is 19.1. The van der Waals surface area contributed by atoms with Crippen LogP contribution >= 0.6 is 15.9 Å². The number of rotatable bonds is 8. The number of alkyl halides is 1. The number of esters is 1. The molecule has 0 fully saturated rings. The van der Waals surface area contributed by atoms with E-state index in [9.17, 15) is 4.79 Å². The van der Waals surface area contributed by atoms with Crippen LogP contribution in [0.15, 0.2) is 28.2 Å². The number of allylic oxidation sites excluding steroid dienone is 2. The fourth-order valence-electron chi connectivity index (χ4n) is 2.60. The minimum absolute atomic E-state index is 0.120. The summed E-state index contributed by atoms with van der Waals surface area (Å²) in [5.74, 6) is 6.56. The lowest BCUT2D eigenvalue weighted by atomic mass is 9.91. The van der Waals surface area contributed by atoms with E-state index in [4.69, 9.17) is 14.3 Å². The van der Waals surface area contributed by atoms with Crippen LogP contribution in [0.25, 0.3) is 6.08 Å². The lowest BCUT2D eigenvalue weighted by Gasteiger charge is -2.20. The molecule has 1 atom stereocenters. The summed E-state index contributed by atoms with van der Waals surface area (Å²) in [5, 5.41) is 9.52. The molecule has 28 heavy (non-hydrogen) atoms. The van der Waals surface area contributed by atoms with Gasteiger partial charge in [-0.1, -0.05) is 39.6 Å². The molecular formula is C23H31BrO4. The van der Waals surface area contributed by atoms with Gasteiger partial charge in [0.1, 0.15) is 29.3 Å². The number of halogens is 1. The summed E-state index contributed by atoms with van der Waals surface area (Å²) in [7, 11) is 0. The molecule has 0 saturated carbocycles. The maximum atomic E-state index is 12.7. The Morgan fingerprint density at radius 2 is 2.07 bits per heavy atom. The van der Waals surface area contributed by atoms with Crippen molar-refractivity contribution < 1.29 is 19.1 Å². The van der Waals surface area contributed by atoms with Crippen LogP contribution < -0.4 is 0 Å². The van der Waals surface area contributed by atoms with Gasteiger partial charge >= 0.3 is 5.97 Å². The number of hydrogen-bond donors (Lipinski definition) is 1. The van der Waals surface area contributed by atoms with Gasteiger partial charge in [0.25, 0.3) is 0 Å². The average molecular weight is 451 g/mol. The maximum absolute atomic E-state index is 12.7. The predicted molar refractivity (Wildman–Crippen MR) is 117 cm³/mol. The van der Waals surface area contributed by atoms with Crippen molar-refractivity contribution in [3.63, 3.8) is 0 Å². The Morgan fingerprint density at radius 1 is 1.39 bits per heavy atom. The van der Waals surface area contributed by atoms with Crippen LogP contribution in [0, 0.1) is 17.8 Å². The summed E-state index contributed by atoms with van der Waals surface area (Å²) in [5.41, 5.74) is 1.97. The zero-order valence-electron chi connectivity index (χ0n) is 17.5. The highest BCUT2D eigenvalue weighted by atomic mass is 79.9. The van der Waals surface area contributed by atoms with Crippen molar-refractivity contribution in [2.45, 2.75) is 59.5 Å². The lowest BCUT2D eigenvalue weighted by molar-refractivity contribution is 0.00670. The highest BCUT2D eigenvalue weighted by molar-refractivity contribution is 9.09. The van der Waals surface area contributed by atoms with Gasteiger partial charge in [-0.2, -0.15) is 0 Å². The van der Waals surface area contributed by atoms with Crippen LogP contribution in [0.5, 0.6) is 0 Å². The second-order valence-corrected chi connectivity index (χ2v) is 8.47. The van der Waals surface area contributed by atoms with Crippen molar-refractivity contribution in [3.8, 4) is 11.8 Å². The normalized spacial score (nSPS) is 12.9. The molecule has 4 nitrogen and oxygen atoms in total. The van der Waals surface area contributed by atoms with Gasteiger partial charge in [0.05, 0.1) is 0 Å². The summed E-state index contributed by atoms with van der Waals surface area (Å²) < 4.78 is 11.6. The van der Waals surface area contributed by atoms with Crippen molar-refractivity contribution in [2.75, 3.05) is 11.9 Å². The summed E-state index contributed by atoms with van der Waals surface area (Å²) in [6.45, 7) is 13.4. The number of ether oxygens (including phenoxy) is 1. The monoisotopic (exact) mass is 450 g/mol. The molecule has 1 heterocycles. The van der Waals surface area contributed by atoms with Crippen molar-refractivity contribution in [3.05, 3.63) is 40.9 Å². The van der Waals surface area contributed by atoms with E-state index in [1.807, 2.05) is 40.7 Å². The first-order chi connectivity index (χ1) is 13.1. The maximum Gasteiger partial charge on any atom is 0.342 e. The molecule has 0 saturated heterocycles. The van der Waals surface area contributed by atoms with Gasteiger partial charge in [0.2, 0.25) is 0 Å². The van der Waals surface area contributed by atoms with E-state index in [1.165, 1.54) is 0 Å². The fourth-order valence-corrected chi connectivity index (χ4v) is 2.76. The fraction of sp³-hybridized carbons (Fsp3) is 0.522. The lowest BCUT2D eigenvalue weighted by Crippen LogP contribution is -2.24. The van der Waals surface area contributed by atoms with Crippen molar-refractivity contribution in [2.24, 2.45) is 5.92 Å². The van der Waals surface area contributed by atoms with E-state index in [0.717, 1.165) is 22.9 Å². The molecule has 154 valence electrons. The minimum atomic E-state index is -0.582. The molecule has 0 aliphatic heterocycles. The highest BCUT2D eigenvalue weighted by Crippen LogP contribution is 2.28. The smallest absolute Gasteiger partial charge is 0.342 e. The molecule has 0 spiro atoms. The Morgan fingerprint density at radius 3 is 2.61 bits per heavy atom. The van der Waals surface area contributed by atoms with E-state index in [0.29, 0.717) is 29.9 Å². The molecule has 0 aliphatic rings. The van der Waals surface area contributed by atoms with Crippen LogP contribution in [0.3, 0.4) is 0 Å². The first-order valence-electron chi connectivity index (χ1n) is 9.38. The first kappa shape index (κ1) is 24.3. The van der Waals surface area contributed by atoms with Crippen LogP contribution in [-0.2, 0) is 11.2 Å². The molecule has 1 rings (SSSR count). The molecule has 0 aromatic carbocycles. The van der Waals surface area contributed by atoms with Gasteiger partial charge in [-0.15, -0.1) is 5.92 Å². The van der Waals surface area contributed by atoms with Gasteiger partial charge in [-0.3, -0.25) is 0 Å². The van der Waals surface area contributed by atoms with Gasteiger partial charge in [0.15, 0.2) is 0 Å². The van der Waals surface area contributed by atoms with Crippen molar-refractivity contribution in [1.82, 2.24) is 0 Å². The Kier molecular flexibility index (Phi) is 9.78. The zero-order chi connectivity index (χ0) is 21.3. The quantitative estimate of drug-likeness (QED) is 0.244. The Balaban J connectivity index is 3.17. The van der Waals surface area contributed by atoms with Gasteiger partial charge in [-0.05, 0) is 59.1 Å². The third kappa shape index (κ3) is 8.50. The molecule has 1 aromatic rings. The van der Waals surface area contributed by atoms with Crippen molar-refractivity contribution in [1.29, 1.82) is 0 Å². The van der Waals surface area contributed by atoms with E-state index >= 15 is 0 Å². The van der Waals surface area contributed by atoms with Crippen LogP contribution in [0.2, 0.25) is 0 Å². The van der Waals surface area contributed by atoms with Crippen molar-refractivity contribution >= 4 is 28.0 Å². The summed E-state index contributed by atoms with van der Waals surface area (Å²) in [6, 6.07) is 1.75. The molecule has 0 aliphatic carbocycles. The summed E-state index contributed by atoms with van der Waals surface area (Å²) >= 11 is 3.42. The number of carbonyl (C=O) groups excluding carboxylic acids is 1. The predicted octanol–water partition coefficient (Wildman–Crippen LogP) is 5.54. The number of furan rings is 1. The number of aliphatic hydroxyl groups is 1. The standard InChI is InChI=1S/C23H31BrO4/c1-16(2)18(10-8-7-9-11-25)13-21-20(22(26)28-23(4,5)6)14-19(27-21)12-17(3)15-24/h12,14,18,25H,1,8,10-11,13,15H2,2-6H3/b17-12+. The second-order valence-electron chi connectivity index (χ2n) is 7.91. The second kappa shape index (κ2) is 11.3. The third-order valence-corrected chi connectivity index (χ3v) is 4.88. The molecule has 0 bridgehead atoms. The summed E-state index contributed by atoms with van der Waals surface area (Å²) in [6.07, 6.45) is 3.89. The Labute approximate surface area is 177 Å². The van der Waals surface area contributed by atoms with Crippen LogP contribution in [-0.4, -0.2) is 28.6 Å². The van der Waals surface area contributed by atoms with E-state index in [1.54, 1.807) is 6.07 Å². The Bertz CT molecular complexity index is 769. The van der Waals surface area contributed by atoms with E-state index in [2.05, 4.69) is 34.3 Å². The molecule has 0 radical (unpaired) electrons. The van der Waals surface area contributed by atoms with Gasteiger partial charge < -0.3 is 14.3 Å². The Hall–Kier alpha value is -1.77. The first-order valence-corrected chi connectivity index (χ1v) is 10.5. The molecule has 1 N–H and O–H groups in total. The number of carbonyl (C=O) groups is 1. The third-order valence-electron chi connectivity index (χ3n) is 4.00. The van der Waals surface area contributed by atoms with Gasteiger partial charge in [-0.25, -0.2) is 4.79 Å². The molecular weight excluding hydrogens is 420 g/mol. The average Bonchev–Trinajstić information content (AvgIpc) is 2.98. The largest absolute Gasteiger partial charge is 0.461 e. The minimum Gasteiger partial charge on any atom is -0.461 e. The topological polar surface area (TPSA) is 59.7 Å². The van der Waals surface area contributed by atoms with Crippen LogP contribution in [0.1, 0.15) is 69.3 Å². The summed E-state index contributed by atoms with van der Waals surface area (Å²) in [4.78, 5) is 12.7. The number of aliphatic hydroxyl groups excluding tert-OH is 1. The molecule has 1 unspecified atom stereocenters. The SMILES string of the molecule is C=C(C)C(CCC#CCO)Cc1oc(/C=C(\C)CBr)cc1C(=O)OC(C)(C)C. The molecule has 5 heteroatoms.